The molecule has 0 radical (unpaired) electrons. The van der Waals surface area contributed by atoms with Crippen molar-refractivity contribution in [3.63, 3.8) is 0 Å². The Morgan fingerprint density at radius 2 is 2.44 bits per heavy atom. The van der Waals surface area contributed by atoms with Gasteiger partial charge in [0.1, 0.15) is 5.69 Å². The van der Waals surface area contributed by atoms with Crippen molar-refractivity contribution in [1.29, 1.82) is 0 Å². The van der Waals surface area contributed by atoms with Crippen LogP contribution in [0.3, 0.4) is 0 Å². The van der Waals surface area contributed by atoms with Crippen molar-refractivity contribution in [2.24, 2.45) is 11.8 Å². The molecule has 0 amide bonds. The summed E-state index contributed by atoms with van der Waals surface area (Å²) in [5, 5.41) is 13.6. The fourth-order valence-corrected chi connectivity index (χ4v) is 1.93. The molecule has 1 aliphatic rings. The SMILES string of the molecule is CC1CNCCC1COCc1cn[nH]n1.Cl. The van der Waals surface area contributed by atoms with Crippen LogP contribution in [-0.4, -0.2) is 35.1 Å². The number of halogens is 1. The molecule has 92 valence electrons. The number of ether oxygens (including phenoxy) is 1. The Labute approximate surface area is 102 Å². The van der Waals surface area contributed by atoms with E-state index in [9.17, 15) is 0 Å². The van der Waals surface area contributed by atoms with Crippen molar-refractivity contribution in [3.05, 3.63) is 11.9 Å². The molecule has 2 atom stereocenters. The maximum atomic E-state index is 5.64. The monoisotopic (exact) mass is 246 g/mol. The standard InChI is InChI=1S/C10H18N4O.ClH/c1-8-4-11-3-2-9(8)6-15-7-10-5-12-14-13-10;/h5,8-9,11H,2-4,6-7H2,1H3,(H,12,13,14);1H. The summed E-state index contributed by atoms with van der Waals surface area (Å²) in [4.78, 5) is 0. The van der Waals surface area contributed by atoms with Gasteiger partial charge in [-0.1, -0.05) is 6.92 Å². The highest BCUT2D eigenvalue weighted by Gasteiger charge is 2.20. The van der Waals surface area contributed by atoms with Gasteiger partial charge in [0.15, 0.2) is 0 Å². The van der Waals surface area contributed by atoms with Crippen LogP contribution in [0.5, 0.6) is 0 Å². The molecule has 2 heterocycles. The van der Waals surface area contributed by atoms with Crippen LogP contribution >= 0.6 is 12.4 Å². The molecule has 2 rings (SSSR count). The van der Waals surface area contributed by atoms with Gasteiger partial charge < -0.3 is 10.1 Å². The van der Waals surface area contributed by atoms with Gasteiger partial charge in [0.05, 0.1) is 19.4 Å². The fourth-order valence-electron chi connectivity index (χ4n) is 1.93. The van der Waals surface area contributed by atoms with Gasteiger partial charge in [0, 0.05) is 0 Å². The van der Waals surface area contributed by atoms with Crippen molar-refractivity contribution < 1.29 is 4.74 Å². The summed E-state index contributed by atoms with van der Waals surface area (Å²) in [7, 11) is 0. The number of aromatic amines is 1. The minimum atomic E-state index is 0. The number of hydrogen-bond acceptors (Lipinski definition) is 4. The van der Waals surface area contributed by atoms with E-state index < -0.39 is 0 Å². The number of hydrogen-bond donors (Lipinski definition) is 2. The van der Waals surface area contributed by atoms with Crippen LogP contribution < -0.4 is 5.32 Å². The van der Waals surface area contributed by atoms with Crippen molar-refractivity contribution in [1.82, 2.24) is 20.7 Å². The molecule has 0 aromatic carbocycles. The Morgan fingerprint density at radius 3 is 3.12 bits per heavy atom. The number of piperidine rings is 1. The van der Waals surface area contributed by atoms with Crippen molar-refractivity contribution >= 4 is 12.4 Å². The van der Waals surface area contributed by atoms with E-state index in [1.54, 1.807) is 6.20 Å². The molecular formula is C10H19ClN4O. The number of nitrogens with one attached hydrogen (secondary N) is 2. The van der Waals surface area contributed by atoms with Crippen LogP contribution in [0.15, 0.2) is 6.20 Å². The van der Waals surface area contributed by atoms with Crippen LogP contribution in [0, 0.1) is 11.8 Å². The molecular weight excluding hydrogens is 228 g/mol. The summed E-state index contributed by atoms with van der Waals surface area (Å²) < 4.78 is 5.64. The van der Waals surface area contributed by atoms with Gasteiger partial charge in [0.25, 0.3) is 0 Å². The largest absolute Gasteiger partial charge is 0.375 e. The lowest BCUT2D eigenvalue weighted by Gasteiger charge is -2.29. The molecule has 0 aliphatic carbocycles. The summed E-state index contributed by atoms with van der Waals surface area (Å²) in [6.07, 6.45) is 2.91. The second kappa shape index (κ2) is 6.83. The van der Waals surface area contributed by atoms with E-state index in [4.69, 9.17) is 4.74 Å². The van der Waals surface area contributed by atoms with Crippen LogP contribution in [0.1, 0.15) is 19.0 Å². The molecule has 1 aromatic rings. The summed E-state index contributed by atoms with van der Waals surface area (Å²) in [6, 6.07) is 0. The third kappa shape index (κ3) is 3.73. The highest BCUT2D eigenvalue weighted by molar-refractivity contribution is 5.85. The number of rotatable bonds is 4. The van der Waals surface area contributed by atoms with Gasteiger partial charge in [-0.25, -0.2) is 0 Å². The van der Waals surface area contributed by atoms with E-state index >= 15 is 0 Å². The maximum absolute atomic E-state index is 5.64. The first-order chi connectivity index (χ1) is 7.36. The molecule has 0 bridgehead atoms. The smallest absolute Gasteiger partial charge is 0.108 e. The molecule has 1 fully saturated rings. The van der Waals surface area contributed by atoms with E-state index in [2.05, 4.69) is 27.7 Å². The van der Waals surface area contributed by atoms with Crippen molar-refractivity contribution in [2.45, 2.75) is 20.0 Å². The van der Waals surface area contributed by atoms with Gasteiger partial charge >= 0.3 is 0 Å². The second-order valence-corrected chi connectivity index (χ2v) is 4.21. The quantitative estimate of drug-likeness (QED) is 0.832. The third-order valence-electron chi connectivity index (χ3n) is 3.01. The lowest BCUT2D eigenvalue weighted by atomic mass is 9.89. The van der Waals surface area contributed by atoms with Crippen molar-refractivity contribution in [3.8, 4) is 0 Å². The highest BCUT2D eigenvalue weighted by atomic mass is 35.5. The zero-order valence-corrected chi connectivity index (χ0v) is 10.3. The minimum Gasteiger partial charge on any atom is -0.375 e. The molecule has 1 saturated heterocycles. The van der Waals surface area contributed by atoms with Crippen LogP contribution in [-0.2, 0) is 11.3 Å². The minimum absolute atomic E-state index is 0. The summed E-state index contributed by atoms with van der Waals surface area (Å²) in [6.45, 7) is 5.89. The molecule has 1 aliphatic heterocycles. The lowest BCUT2D eigenvalue weighted by Crippen LogP contribution is -2.37. The van der Waals surface area contributed by atoms with Crippen LogP contribution in [0.4, 0.5) is 0 Å². The summed E-state index contributed by atoms with van der Waals surface area (Å²) >= 11 is 0. The van der Waals surface area contributed by atoms with Crippen LogP contribution in [0.25, 0.3) is 0 Å². The third-order valence-corrected chi connectivity index (χ3v) is 3.01. The zero-order valence-electron chi connectivity index (χ0n) is 9.48. The number of H-pyrrole nitrogens is 1. The van der Waals surface area contributed by atoms with E-state index in [-0.39, 0.29) is 12.4 Å². The first-order valence-corrected chi connectivity index (χ1v) is 5.49. The van der Waals surface area contributed by atoms with Gasteiger partial charge in [-0.3, -0.25) is 0 Å². The molecule has 2 N–H and O–H groups in total. The van der Waals surface area contributed by atoms with Gasteiger partial charge in [-0.05, 0) is 31.3 Å². The van der Waals surface area contributed by atoms with Gasteiger partial charge in [-0.15, -0.1) is 12.4 Å². The summed E-state index contributed by atoms with van der Waals surface area (Å²) in [5.41, 5.74) is 0.872. The molecule has 6 heteroatoms. The van der Waals surface area contributed by atoms with Gasteiger partial charge in [0.2, 0.25) is 0 Å². The highest BCUT2D eigenvalue weighted by Crippen LogP contribution is 2.18. The molecule has 16 heavy (non-hydrogen) atoms. The van der Waals surface area contributed by atoms with E-state index in [0.29, 0.717) is 18.4 Å². The predicted molar refractivity (Wildman–Crippen MR) is 63.4 cm³/mol. The normalized spacial score (nSPS) is 25.1. The van der Waals surface area contributed by atoms with Crippen LogP contribution in [0.2, 0.25) is 0 Å². The molecule has 5 nitrogen and oxygen atoms in total. The van der Waals surface area contributed by atoms with Gasteiger partial charge in [-0.2, -0.15) is 15.4 Å². The molecule has 1 aromatic heterocycles. The average molecular weight is 247 g/mol. The lowest BCUT2D eigenvalue weighted by molar-refractivity contribution is 0.0559. The maximum Gasteiger partial charge on any atom is 0.108 e. The fraction of sp³-hybridized carbons (Fsp3) is 0.800. The summed E-state index contributed by atoms with van der Waals surface area (Å²) in [5.74, 6) is 1.38. The number of nitrogens with zero attached hydrogens (tertiary/aromatic N) is 2. The first-order valence-electron chi connectivity index (χ1n) is 5.49. The van der Waals surface area contributed by atoms with E-state index in [1.807, 2.05) is 0 Å². The molecule has 0 spiro atoms. The Balaban J connectivity index is 0.00000128. The predicted octanol–water partition coefficient (Wildman–Crippen LogP) is 0.989. The Morgan fingerprint density at radius 1 is 1.56 bits per heavy atom. The molecule has 2 unspecified atom stereocenters. The molecule has 0 saturated carbocycles. The first kappa shape index (κ1) is 13.4. The van der Waals surface area contributed by atoms with E-state index in [1.165, 1.54) is 6.42 Å². The Hall–Kier alpha value is -0.650. The van der Waals surface area contributed by atoms with E-state index in [0.717, 1.165) is 25.4 Å². The second-order valence-electron chi connectivity index (χ2n) is 4.21. The van der Waals surface area contributed by atoms with Crippen molar-refractivity contribution in [2.75, 3.05) is 19.7 Å². The average Bonchev–Trinajstić information content (AvgIpc) is 2.74. The Kier molecular flexibility index (Phi) is 5.73. The zero-order chi connectivity index (χ0) is 10.5. The topological polar surface area (TPSA) is 62.8 Å². The number of aromatic nitrogens is 3. The Bertz CT molecular complexity index is 280.